The molecule has 5 nitrogen and oxygen atoms in total. The normalized spacial score (nSPS) is 13.6. The zero-order valence-corrected chi connectivity index (χ0v) is 13.1. The van der Waals surface area contributed by atoms with Gasteiger partial charge in [0.1, 0.15) is 0 Å². The van der Waals surface area contributed by atoms with Crippen molar-refractivity contribution in [1.29, 1.82) is 0 Å². The lowest BCUT2D eigenvalue weighted by Gasteiger charge is -2.18. The number of nitrogens with two attached hydrogens (primary N) is 1. The summed E-state index contributed by atoms with van der Waals surface area (Å²) in [5, 5.41) is 5.57. The molecule has 2 atom stereocenters. The highest BCUT2D eigenvalue weighted by molar-refractivity contribution is 5.98. The van der Waals surface area contributed by atoms with Crippen LogP contribution in [0.25, 0.3) is 0 Å². The van der Waals surface area contributed by atoms with Crippen LogP contribution in [0.15, 0.2) is 24.3 Å². The van der Waals surface area contributed by atoms with Gasteiger partial charge in [-0.2, -0.15) is 0 Å². The number of hydrogen-bond donors (Lipinski definition) is 3. The summed E-state index contributed by atoms with van der Waals surface area (Å²) >= 11 is 0. The van der Waals surface area contributed by atoms with Crippen molar-refractivity contribution in [3.63, 3.8) is 0 Å². The molecule has 5 heteroatoms. The van der Waals surface area contributed by atoms with Crippen LogP contribution in [0.4, 0.5) is 5.69 Å². The van der Waals surface area contributed by atoms with E-state index in [4.69, 9.17) is 5.73 Å². The topological polar surface area (TPSA) is 84.2 Å². The summed E-state index contributed by atoms with van der Waals surface area (Å²) in [6, 6.07) is 6.35. The Balaban J connectivity index is 2.77. The van der Waals surface area contributed by atoms with Crippen LogP contribution in [0, 0.1) is 5.92 Å². The van der Waals surface area contributed by atoms with Crippen molar-refractivity contribution in [1.82, 2.24) is 5.32 Å². The van der Waals surface area contributed by atoms with Crippen molar-refractivity contribution in [2.24, 2.45) is 11.7 Å². The molecule has 0 saturated heterocycles. The summed E-state index contributed by atoms with van der Waals surface area (Å²) in [7, 11) is 0. The van der Waals surface area contributed by atoms with Gasteiger partial charge in [-0.3, -0.25) is 9.59 Å². The van der Waals surface area contributed by atoms with E-state index in [1.54, 1.807) is 24.3 Å². The second-order valence-corrected chi connectivity index (χ2v) is 5.61. The standard InChI is InChI=1S/C16H25N3O2/c1-5-11(4)14(17)16(21)19-13-8-6-7-12(9-13)15(20)18-10(2)3/h6-11,14H,5,17H2,1-4H3,(H,18,20)(H,19,21). The van der Waals surface area contributed by atoms with Crippen LogP contribution in [0.3, 0.4) is 0 Å². The van der Waals surface area contributed by atoms with Gasteiger partial charge in [-0.15, -0.1) is 0 Å². The Morgan fingerprint density at radius 3 is 2.48 bits per heavy atom. The average Bonchev–Trinajstić information content (AvgIpc) is 2.45. The SMILES string of the molecule is CCC(C)C(N)C(=O)Nc1cccc(C(=O)NC(C)C)c1. The molecule has 1 rings (SSSR count). The van der Waals surface area contributed by atoms with Gasteiger partial charge in [0.15, 0.2) is 0 Å². The van der Waals surface area contributed by atoms with Crippen LogP contribution >= 0.6 is 0 Å². The van der Waals surface area contributed by atoms with Crippen molar-refractivity contribution < 1.29 is 9.59 Å². The van der Waals surface area contributed by atoms with E-state index in [1.807, 2.05) is 27.7 Å². The first-order chi connectivity index (χ1) is 9.85. The molecule has 0 spiro atoms. The molecule has 21 heavy (non-hydrogen) atoms. The molecule has 0 aliphatic heterocycles. The van der Waals surface area contributed by atoms with E-state index in [9.17, 15) is 9.59 Å². The molecule has 0 radical (unpaired) electrons. The van der Waals surface area contributed by atoms with Crippen molar-refractivity contribution in [3.8, 4) is 0 Å². The van der Waals surface area contributed by atoms with Gasteiger partial charge in [-0.25, -0.2) is 0 Å². The predicted molar refractivity (Wildman–Crippen MR) is 85.1 cm³/mol. The average molecular weight is 291 g/mol. The van der Waals surface area contributed by atoms with Crippen molar-refractivity contribution in [2.75, 3.05) is 5.32 Å². The highest BCUT2D eigenvalue weighted by atomic mass is 16.2. The molecule has 1 aromatic rings. The monoisotopic (exact) mass is 291 g/mol. The summed E-state index contributed by atoms with van der Waals surface area (Å²) < 4.78 is 0. The van der Waals surface area contributed by atoms with E-state index in [1.165, 1.54) is 0 Å². The van der Waals surface area contributed by atoms with Gasteiger partial charge in [0, 0.05) is 17.3 Å². The Kier molecular flexibility index (Phi) is 6.37. The summed E-state index contributed by atoms with van der Waals surface area (Å²) in [6.07, 6.45) is 0.839. The molecular formula is C16H25N3O2. The van der Waals surface area contributed by atoms with Crippen molar-refractivity contribution in [2.45, 2.75) is 46.2 Å². The smallest absolute Gasteiger partial charge is 0.251 e. The first-order valence-electron chi connectivity index (χ1n) is 7.32. The molecule has 0 bridgehead atoms. The molecule has 0 fully saturated rings. The lowest BCUT2D eigenvalue weighted by Crippen LogP contribution is -2.40. The quantitative estimate of drug-likeness (QED) is 0.750. The number of hydrogen-bond acceptors (Lipinski definition) is 3. The van der Waals surface area contributed by atoms with Crippen LogP contribution in [-0.4, -0.2) is 23.9 Å². The second-order valence-electron chi connectivity index (χ2n) is 5.61. The van der Waals surface area contributed by atoms with Gasteiger partial charge in [0.05, 0.1) is 6.04 Å². The van der Waals surface area contributed by atoms with Crippen LogP contribution in [0.1, 0.15) is 44.5 Å². The number of carbonyl (C=O) groups excluding carboxylic acids is 2. The maximum atomic E-state index is 12.0. The van der Waals surface area contributed by atoms with Gasteiger partial charge in [0.25, 0.3) is 5.91 Å². The van der Waals surface area contributed by atoms with Gasteiger partial charge < -0.3 is 16.4 Å². The third kappa shape index (κ3) is 5.19. The maximum Gasteiger partial charge on any atom is 0.251 e. The fourth-order valence-corrected chi connectivity index (χ4v) is 1.82. The Bertz CT molecular complexity index is 500. The van der Waals surface area contributed by atoms with E-state index in [2.05, 4.69) is 10.6 Å². The maximum absolute atomic E-state index is 12.0. The van der Waals surface area contributed by atoms with Crippen LogP contribution in [0.2, 0.25) is 0 Å². The summed E-state index contributed by atoms with van der Waals surface area (Å²) in [5.74, 6) is -0.282. The number of benzene rings is 1. The van der Waals surface area contributed by atoms with Gasteiger partial charge >= 0.3 is 0 Å². The number of anilines is 1. The molecule has 0 aromatic heterocycles. The molecule has 4 N–H and O–H groups in total. The molecular weight excluding hydrogens is 266 g/mol. The van der Waals surface area contributed by atoms with Crippen LogP contribution in [0.5, 0.6) is 0 Å². The minimum absolute atomic E-state index is 0.0644. The second kappa shape index (κ2) is 7.78. The van der Waals surface area contributed by atoms with E-state index in [0.29, 0.717) is 11.3 Å². The zero-order chi connectivity index (χ0) is 16.0. The summed E-state index contributed by atoms with van der Waals surface area (Å²) in [6.45, 7) is 7.73. The summed E-state index contributed by atoms with van der Waals surface area (Å²) in [5.41, 5.74) is 6.98. The minimum Gasteiger partial charge on any atom is -0.350 e. The predicted octanol–water partition coefficient (Wildman–Crippen LogP) is 2.14. The first-order valence-corrected chi connectivity index (χ1v) is 7.32. The number of nitrogens with one attached hydrogen (secondary N) is 2. The molecule has 0 aliphatic rings. The Hall–Kier alpha value is -1.88. The molecule has 0 aliphatic carbocycles. The molecule has 2 unspecified atom stereocenters. The number of carbonyl (C=O) groups is 2. The van der Waals surface area contributed by atoms with E-state index < -0.39 is 6.04 Å². The highest BCUT2D eigenvalue weighted by Crippen LogP contribution is 2.13. The lowest BCUT2D eigenvalue weighted by molar-refractivity contribution is -0.118. The first kappa shape index (κ1) is 17.2. The van der Waals surface area contributed by atoms with Gasteiger partial charge in [-0.05, 0) is 38.0 Å². The molecule has 116 valence electrons. The van der Waals surface area contributed by atoms with E-state index in [-0.39, 0.29) is 23.8 Å². The highest BCUT2D eigenvalue weighted by Gasteiger charge is 2.19. The van der Waals surface area contributed by atoms with Gasteiger partial charge in [0.2, 0.25) is 5.91 Å². The molecule has 1 aromatic carbocycles. The molecule has 2 amide bonds. The minimum atomic E-state index is -0.553. The van der Waals surface area contributed by atoms with E-state index in [0.717, 1.165) is 6.42 Å². The molecule has 0 saturated carbocycles. The van der Waals surface area contributed by atoms with Crippen LogP contribution in [-0.2, 0) is 4.79 Å². The third-order valence-electron chi connectivity index (χ3n) is 3.37. The number of amides is 2. The number of rotatable bonds is 6. The third-order valence-corrected chi connectivity index (χ3v) is 3.37. The van der Waals surface area contributed by atoms with Gasteiger partial charge in [-0.1, -0.05) is 26.3 Å². The Labute approximate surface area is 126 Å². The molecule has 0 heterocycles. The van der Waals surface area contributed by atoms with Crippen LogP contribution < -0.4 is 16.4 Å². The lowest BCUT2D eigenvalue weighted by atomic mass is 9.99. The fraction of sp³-hybridized carbons (Fsp3) is 0.500. The van der Waals surface area contributed by atoms with Crippen molar-refractivity contribution >= 4 is 17.5 Å². The van der Waals surface area contributed by atoms with E-state index >= 15 is 0 Å². The fourth-order valence-electron chi connectivity index (χ4n) is 1.82. The Morgan fingerprint density at radius 1 is 1.24 bits per heavy atom. The van der Waals surface area contributed by atoms with Crippen molar-refractivity contribution in [3.05, 3.63) is 29.8 Å². The Morgan fingerprint density at radius 2 is 1.90 bits per heavy atom. The summed E-state index contributed by atoms with van der Waals surface area (Å²) in [4.78, 5) is 24.0. The largest absolute Gasteiger partial charge is 0.350 e. The zero-order valence-electron chi connectivity index (χ0n) is 13.1.